The molecule has 2 amide bonds. The first-order valence-electron chi connectivity index (χ1n) is 12.2. The lowest BCUT2D eigenvalue weighted by Gasteiger charge is -2.29. The molecule has 1 aliphatic heterocycles. The Morgan fingerprint density at radius 1 is 1.00 bits per heavy atom. The number of hydrogen-bond acceptors (Lipinski definition) is 5. The van der Waals surface area contributed by atoms with Gasteiger partial charge in [0.25, 0.3) is 11.8 Å². The molecule has 0 radical (unpaired) electrons. The highest BCUT2D eigenvalue weighted by Crippen LogP contribution is 2.32. The third-order valence-electron chi connectivity index (χ3n) is 6.31. The van der Waals surface area contributed by atoms with Gasteiger partial charge in [-0.05, 0) is 67.3 Å². The van der Waals surface area contributed by atoms with Crippen LogP contribution in [0.3, 0.4) is 0 Å². The monoisotopic (exact) mass is 485 g/mol. The van der Waals surface area contributed by atoms with Crippen LogP contribution in [0.25, 0.3) is 0 Å². The maximum Gasteiger partial charge on any atom is 0.338 e. The summed E-state index contributed by atoms with van der Waals surface area (Å²) >= 11 is 0. The zero-order valence-electron chi connectivity index (χ0n) is 20.6. The number of ether oxygens (including phenoxy) is 1. The first-order chi connectivity index (χ1) is 17.5. The van der Waals surface area contributed by atoms with Gasteiger partial charge in [-0.25, -0.2) is 4.79 Å². The maximum atomic E-state index is 13.9. The lowest BCUT2D eigenvalue weighted by molar-refractivity contribution is -0.128. The van der Waals surface area contributed by atoms with Crippen LogP contribution in [0.1, 0.15) is 47.7 Å². The predicted molar refractivity (Wildman–Crippen MR) is 140 cm³/mol. The Balaban J connectivity index is 1.61. The largest absolute Gasteiger partial charge is 0.462 e. The smallest absolute Gasteiger partial charge is 0.338 e. The van der Waals surface area contributed by atoms with E-state index in [1.807, 2.05) is 48.5 Å². The van der Waals surface area contributed by atoms with E-state index >= 15 is 0 Å². The Labute approximate surface area is 211 Å². The van der Waals surface area contributed by atoms with E-state index in [4.69, 9.17) is 4.74 Å². The minimum absolute atomic E-state index is 0.206. The fourth-order valence-electron chi connectivity index (χ4n) is 4.36. The number of amides is 2. The molecule has 4 rings (SSSR count). The van der Waals surface area contributed by atoms with Gasteiger partial charge in [-0.1, -0.05) is 55.5 Å². The van der Waals surface area contributed by atoms with E-state index in [1.54, 1.807) is 36.1 Å². The van der Waals surface area contributed by atoms with Crippen molar-refractivity contribution in [1.82, 2.24) is 5.32 Å². The molecule has 0 aliphatic carbocycles. The molecule has 36 heavy (non-hydrogen) atoms. The van der Waals surface area contributed by atoms with Crippen molar-refractivity contribution in [2.45, 2.75) is 38.8 Å². The average molecular weight is 486 g/mol. The fraction of sp³-hybridized carbons (Fsp3) is 0.276. The van der Waals surface area contributed by atoms with E-state index in [0.29, 0.717) is 24.3 Å². The van der Waals surface area contributed by atoms with Crippen LogP contribution in [0.2, 0.25) is 0 Å². The molecule has 7 heteroatoms. The molecular weight excluding hydrogens is 454 g/mol. The summed E-state index contributed by atoms with van der Waals surface area (Å²) in [6.07, 6.45) is 0.779. The van der Waals surface area contributed by atoms with Gasteiger partial charge in [-0.2, -0.15) is 0 Å². The first kappa shape index (κ1) is 25.1. The van der Waals surface area contributed by atoms with Crippen LogP contribution >= 0.6 is 0 Å². The molecule has 0 saturated heterocycles. The van der Waals surface area contributed by atoms with Crippen molar-refractivity contribution in [1.29, 1.82) is 0 Å². The molecule has 2 unspecified atom stereocenters. The van der Waals surface area contributed by atoms with Gasteiger partial charge in [0.05, 0.1) is 18.7 Å². The summed E-state index contributed by atoms with van der Waals surface area (Å²) in [6.45, 7) is 5.03. The first-order valence-corrected chi connectivity index (χ1v) is 12.2. The number of nitrogens with one attached hydrogen (secondary N) is 2. The number of anilines is 2. The van der Waals surface area contributed by atoms with Crippen molar-refractivity contribution in [2.24, 2.45) is 0 Å². The normalized spacial score (nSPS) is 17.8. The number of carbonyl (C=O) groups is 3. The summed E-state index contributed by atoms with van der Waals surface area (Å²) in [5.74, 6) is -0.986. The summed E-state index contributed by atoms with van der Waals surface area (Å²) < 4.78 is 5.01. The Kier molecular flexibility index (Phi) is 8.13. The Morgan fingerprint density at radius 2 is 1.69 bits per heavy atom. The summed E-state index contributed by atoms with van der Waals surface area (Å²) in [5, 5.41) is 6.01. The molecule has 1 heterocycles. The summed E-state index contributed by atoms with van der Waals surface area (Å²) in [4.78, 5) is 40.9. The van der Waals surface area contributed by atoms with Crippen LogP contribution in [0.4, 0.5) is 11.4 Å². The average Bonchev–Trinajstić information content (AvgIpc) is 2.94. The molecule has 2 N–H and O–H groups in total. The molecule has 7 nitrogen and oxygen atoms in total. The number of nitrogens with zero attached hydrogens (tertiary/aromatic N) is 1. The standard InChI is InChI=1S/C29H31N3O4/c1-3-36-29(35)22-13-15-23(16-14-22)31-27(33)26-28(34)32(19-21-9-5-4-6-10-21)25-12-8-7-11-24(25)20(2)17-18-30-26/h4-16,20,26,30H,3,17-19H2,1-2H3,(H,31,33). The molecule has 3 aromatic rings. The highest BCUT2D eigenvalue weighted by molar-refractivity contribution is 6.15. The second-order valence-electron chi connectivity index (χ2n) is 8.83. The van der Waals surface area contributed by atoms with Crippen molar-refractivity contribution in [2.75, 3.05) is 23.4 Å². The van der Waals surface area contributed by atoms with E-state index < -0.39 is 17.9 Å². The fourth-order valence-corrected chi connectivity index (χ4v) is 4.36. The van der Waals surface area contributed by atoms with Gasteiger partial charge in [-0.15, -0.1) is 0 Å². The summed E-state index contributed by atoms with van der Waals surface area (Å²) in [6, 6.07) is 23.0. The molecule has 0 bridgehead atoms. The van der Waals surface area contributed by atoms with Crippen LogP contribution in [0, 0.1) is 0 Å². The molecule has 3 aromatic carbocycles. The minimum Gasteiger partial charge on any atom is -0.462 e. The second kappa shape index (κ2) is 11.6. The van der Waals surface area contributed by atoms with Crippen LogP contribution in [0.5, 0.6) is 0 Å². The van der Waals surface area contributed by atoms with E-state index in [1.165, 1.54) is 0 Å². The van der Waals surface area contributed by atoms with E-state index in [0.717, 1.165) is 23.2 Å². The van der Waals surface area contributed by atoms with E-state index in [-0.39, 0.29) is 18.4 Å². The molecule has 0 fully saturated rings. The summed E-state index contributed by atoms with van der Waals surface area (Å²) in [7, 11) is 0. The Bertz CT molecular complexity index is 1210. The molecule has 186 valence electrons. The van der Waals surface area contributed by atoms with E-state index in [9.17, 15) is 14.4 Å². The molecule has 0 saturated carbocycles. The highest BCUT2D eigenvalue weighted by atomic mass is 16.5. The van der Waals surface area contributed by atoms with Crippen molar-refractivity contribution < 1.29 is 19.1 Å². The van der Waals surface area contributed by atoms with Gasteiger partial charge in [0, 0.05) is 11.4 Å². The topological polar surface area (TPSA) is 87.7 Å². The number of hydrogen-bond donors (Lipinski definition) is 2. The lowest BCUT2D eigenvalue weighted by atomic mass is 9.95. The SMILES string of the molecule is CCOC(=O)c1ccc(NC(=O)C2NCCC(C)c3ccccc3N(Cc3ccccc3)C2=O)cc1. The Hall–Kier alpha value is -3.97. The molecule has 0 spiro atoms. The summed E-state index contributed by atoms with van der Waals surface area (Å²) in [5.41, 5.74) is 3.76. The Morgan fingerprint density at radius 3 is 2.42 bits per heavy atom. The number of para-hydroxylation sites is 1. The molecule has 1 aliphatic rings. The van der Waals surface area contributed by atoms with Gasteiger partial charge in [-0.3, -0.25) is 14.9 Å². The number of rotatable bonds is 6. The van der Waals surface area contributed by atoms with Crippen molar-refractivity contribution in [3.05, 3.63) is 95.6 Å². The van der Waals surface area contributed by atoms with Crippen LogP contribution < -0.4 is 15.5 Å². The van der Waals surface area contributed by atoms with Crippen LogP contribution in [-0.4, -0.2) is 37.0 Å². The number of carbonyl (C=O) groups excluding carboxylic acids is 3. The van der Waals surface area contributed by atoms with Crippen molar-refractivity contribution >= 4 is 29.2 Å². The van der Waals surface area contributed by atoms with Crippen molar-refractivity contribution in [3.63, 3.8) is 0 Å². The van der Waals surface area contributed by atoms with Gasteiger partial charge in [0.1, 0.15) is 0 Å². The zero-order valence-corrected chi connectivity index (χ0v) is 20.6. The maximum absolute atomic E-state index is 13.9. The van der Waals surface area contributed by atoms with Gasteiger partial charge >= 0.3 is 5.97 Å². The highest BCUT2D eigenvalue weighted by Gasteiger charge is 2.34. The van der Waals surface area contributed by atoms with E-state index in [2.05, 4.69) is 23.6 Å². The number of esters is 1. The molecule has 2 atom stereocenters. The molecule has 0 aromatic heterocycles. The molecular formula is C29H31N3O4. The third kappa shape index (κ3) is 5.80. The van der Waals surface area contributed by atoms with Crippen LogP contribution in [0.15, 0.2) is 78.9 Å². The van der Waals surface area contributed by atoms with Gasteiger partial charge in [0.2, 0.25) is 0 Å². The number of fused-ring (bicyclic) bond motifs is 1. The zero-order chi connectivity index (χ0) is 25.5. The predicted octanol–water partition coefficient (Wildman–Crippen LogP) is 4.50. The third-order valence-corrected chi connectivity index (χ3v) is 6.31. The van der Waals surface area contributed by atoms with Crippen molar-refractivity contribution in [3.8, 4) is 0 Å². The minimum atomic E-state index is -1.07. The van der Waals surface area contributed by atoms with Gasteiger partial charge < -0.3 is 15.0 Å². The van der Waals surface area contributed by atoms with Gasteiger partial charge in [0.15, 0.2) is 6.04 Å². The number of benzene rings is 3. The lowest BCUT2D eigenvalue weighted by Crippen LogP contribution is -2.53. The second-order valence-corrected chi connectivity index (χ2v) is 8.83. The van der Waals surface area contributed by atoms with Crippen LogP contribution in [-0.2, 0) is 20.9 Å². The quantitative estimate of drug-likeness (QED) is 0.397.